The molecule has 2 atom stereocenters. The van der Waals surface area contributed by atoms with Gasteiger partial charge in [-0.2, -0.15) is 0 Å². The van der Waals surface area contributed by atoms with Crippen LogP contribution in [0.25, 0.3) is 0 Å². The lowest BCUT2D eigenvalue weighted by molar-refractivity contribution is -0.205. The van der Waals surface area contributed by atoms with Crippen molar-refractivity contribution < 1.29 is 19.1 Å². The van der Waals surface area contributed by atoms with E-state index in [1.54, 1.807) is 6.92 Å². The number of amides is 1. The summed E-state index contributed by atoms with van der Waals surface area (Å²) >= 11 is 0. The van der Waals surface area contributed by atoms with Gasteiger partial charge >= 0.3 is 0 Å². The molecule has 0 radical (unpaired) electrons. The molecule has 0 unspecified atom stereocenters. The Hall–Kier alpha value is -0.650. The molecule has 1 amide bonds. The van der Waals surface area contributed by atoms with E-state index in [-0.39, 0.29) is 18.3 Å². The monoisotopic (exact) mass is 271 g/mol. The zero-order valence-electron chi connectivity index (χ0n) is 11.7. The van der Waals surface area contributed by atoms with Crippen molar-refractivity contribution in [1.29, 1.82) is 0 Å². The molecule has 2 aliphatic rings. The van der Waals surface area contributed by atoms with Crippen molar-refractivity contribution >= 4 is 5.91 Å². The van der Waals surface area contributed by atoms with Crippen molar-refractivity contribution in [3.63, 3.8) is 0 Å². The standard InChI is InChI=1S/C14H25NO4/c1-11(18-12-7-3-2-4-8-12)14(16)15-19-13-9-5-6-10-17-13/h11-13H,2-10H2,1H3,(H,15,16)/t11-,13-/m0/s1. The second-order valence-corrected chi connectivity index (χ2v) is 5.42. The fourth-order valence-electron chi connectivity index (χ4n) is 2.56. The van der Waals surface area contributed by atoms with Crippen molar-refractivity contribution in [3.05, 3.63) is 0 Å². The summed E-state index contributed by atoms with van der Waals surface area (Å²) < 4.78 is 11.1. The highest BCUT2D eigenvalue weighted by Gasteiger charge is 2.22. The Labute approximate surface area is 114 Å². The summed E-state index contributed by atoms with van der Waals surface area (Å²) in [5.74, 6) is -0.222. The summed E-state index contributed by atoms with van der Waals surface area (Å²) in [6.45, 7) is 2.48. The Morgan fingerprint density at radius 3 is 2.58 bits per heavy atom. The lowest BCUT2D eigenvalue weighted by Crippen LogP contribution is -2.40. The largest absolute Gasteiger partial charge is 0.365 e. The maximum Gasteiger partial charge on any atom is 0.272 e. The Morgan fingerprint density at radius 1 is 1.16 bits per heavy atom. The quantitative estimate of drug-likeness (QED) is 0.780. The SMILES string of the molecule is C[C@H](OC1CCCCC1)C(=O)NO[C@H]1CCCCO1. The Morgan fingerprint density at radius 2 is 1.89 bits per heavy atom. The van der Waals surface area contributed by atoms with E-state index in [9.17, 15) is 4.79 Å². The molecule has 1 heterocycles. The van der Waals surface area contributed by atoms with Crippen LogP contribution in [0.2, 0.25) is 0 Å². The second-order valence-electron chi connectivity index (χ2n) is 5.42. The molecule has 1 N–H and O–H groups in total. The highest BCUT2D eigenvalue weighted by atomic mass is 16.8. The first-order valence-electron chi connectivity index (χ1n) is 7.48. The fourth-order valence-corrected chi connectivity index (χ4v) is 2.56. The van der Waals surface area contributed by atoms with E-state index in [0.717, 1.165) is 32.1 Å². The van der Waals surface area contributed by atoms with Crippen LogP contribution in [0.3, 0.4) is 0 Å². The molecule has 1 saturated heterocycles. The predicted octanol–water partition coefficient (Wildman–Crippen LogP) is 2.30. The Balaban J connectivity index is 1.63. The molecule has 0 bridgehead atoms. The molecule has 0 spiro atoms. The highest BCUT2D eigenvalue weighted by Crippen LogP contribution is 2.21. The van der Waals surface area contributed by atoms with Gasteiger partial charge in [-0.3, -0.25) is 4.79 Å². The van der Waals surface area contributed by atoms with Gasteiger partial charge < -0.3 is 9.47 Å². The summed E-state index contributed by atoms with van der Waals surface area (Å²) in [6.07, 6.45) is 8.22. The van der Waals surface area contributed by atoms with Gasteiger partial charge in [-0.15, -0.1) is 0 Å². The number of hydroxylamine groups is 1. The number of nitrogens with one attached hydrogen (secondary N) is 1. The van der Waals surface area contributed by atoms with Crippen LogP contribution in [0.5, 0.6) is 0 Å². The summed E-state index contributed by atoms with van der Waals surface area (Å²) in [5.41, 5.74) is 2.45. The van der Waals surface area contributed by atoms with Crippen LogP contribution >= 0.6 is 0 Å². The van der Waals surface area contributed by atoms with Crippen molar-refractivity contribution in [3.8, 4) is 0 Å². The molecule has 5 heteroatoms. The number of rotatable bonds is 5. The molecule has 1 saturated carbocycles. The normalized spacial score (nSPS) is 26.9. The zero-order chi connectivity index (χ0) is 13.5. The van der Waals surface area contributed by atoms with Gasteiger partial charge in [-0.1, -0.05) is 19.3 Å². The smallest absolute Gasteiger partial charge is 0.272 e. The van der Waals surface area contributed by atoms with Crippen LogP contribution < -0.4 is 5.48 Å². The first kappa shape index (κ1) is 14.8. The van der Waals surface area contributed by atoms with E-state index >= 15 is 0 Å². The number of hydrogen-bond donors (Lipinski definition) is 1. The molecular formula is C14H25NO4. The van der Waals surface area contributed by atoms with E-state index in [1.807, 2.05) is 0 Å². The summed E-state index contributed by atoms with van der Waals surface area (Å²) in [7, 11) is 0. The second kappa shape index (κ2) is 7.82. The van der Waals surface area contributed by atoms with Gasteiger partial charge in [0.2, 0.25) is 0 Å². The molecule has 19 heavy (non-hydrogen) atoms. The van der Waals surface area contributed by atoms with Crippen molar-refractivity contribution in [2.24, 2.45) is 0 Å². The van der Waals surface area contributed by atoms with Crippen LogP contribution in [0.1, 0.15) is 58.3 Å². The number of hydrogen-bond acceptors (Lipinski definition) is 4. The zero-order valence-corrected chi connectivity index (χ0v) is 11.7. The van der Waals surface area contributed by atoms with Crippen molar-refractivity contribution in [2.45, 2.75) is 76.8 Å². The van der Waals surface area contributed by atoms with Gasteiger partial charge in [0.15, 0.2) is 6.29 Å². The Bertz CT molecular complexity index is 273. The summed E-state index contributed by atoms with van der Waals surface area (Å²) in [6, 6.07) is 0. The van der Waals surface area contributed by atoms with Crippen LogP contribution in [0, 0.1) is 0 Å². The van der Waals surface area contributed by atoms with E-state index in [1.165, 1.54) is 19.3 Å². The lowest BCUT2D eigenvalue weighted by Gasteiger charge is -2.26. The molecule has 1 aliphatic heterocycles. The van der Waals surface area contributed by atoms with E-state index in [2.05, 4.69) is 5.48 Å². The van der Waals surface area contributed by atoms with Crippen LogP contribution in [-0.2, 0) is 19.1 Å². The number of ether oxygens (including phenoxy) is 2. The van der Waals surface area contributed by atoms with Gasteiger partial charge in [0.05, 0.1) is 6.10 Å². The first-order valence-corrected chi connectivity index (χ1v) is 7.48. The summed E-state index contributed by atoms with van der Waals surface area (Å²) in [4.78, 5) is 17.1. The molecule has 5 nitrogen and oxygen atoms in total. The van der Waals surface area contributed by atoms with Crippen molar-refractivity contribution in [1.82, 2.24) is 5.48 Å². The molecule has 1 aliphatic carbocycles. The molecule has 0 aromatic rings. The lowest BCUT2D eigenvalue weighted by atomic mass is 9.98. The van der Waals surface area contributed by atoms with Gasteiger partial charge in [0, 0.05) is 13.0 Å². The highest BCUT2D eigenvalue weighted by molar-refractivity contribution is 5.79. The minimum atomic E-state index is -0.466. The minimum Gasteiger partial charge on any atom is -0.365 e. The average Bonchev–Trinajstić information content (AvgIpc) is 2.47. The van der Waals surface area contributed by atoms with Gasteiger partial charge in [0.25, 0.3) is 5.91 Å². The molecule has 110 valence electrons. The Kier molecular flexibility index (Phi) is 6.07. The van der Waals surface area contributed by atoms with Crippen molar-refractivity contribution in [2.75, 3.05) is 6.61 Å². The topological polar surface area (TPSA) is 56.8 Å². The first-order chi connectivity index (χ1) is 9.25. The van der Waals surface area contributed by atoms with Gasteiger partial charge in [0.1, 0.15) is 6.10 Å². The minimum absolute atomic E-state index is 0.222. The number of carbonyl (C=O) groups excluding carboxylic acids is 1. The molecule has 0 aromatic heterocycles. The van der Waals surface area contributed by atoms with Crippen LogP contribution in [-0.4, -0.2) is 31.0 Å². The van der Waals surface area contributed by atoms with Gasteiger partial charge in [-0.05, 0) is 32.6 Å². The van der Waals surface area contributed by atoms with Gasteiger partial charge in [-0.25, -0.2) is 10.3 Å². The van der Waals surface area contributed by atoms with Crippen LogP contribution in [0.4, 0.5) is 0 Å². The van der Waals surface area contributed by atoms with E-state index < -0.39 is 6.10 Å². The van der Waals surface area contributed by atoms with Crippen LogP contribution in [0.15, 0.2) is 0 Å². The third-order valence-electron chi connectivity index (χ3n) is 3.75. The molecular weight excluding hydrogens is 246 g/mol. The summed E-state index contributed by atoms with van der Waals surface area (Å²) in [5, 5.41) is 0. The number of carbonyl (C=O) groups is 1. The third-order valence-corrected chi connectivity index (χ3v) is 3.75. The third kappa shape index (κ3) is 5.09. The molecule has 2 fully saturated rings. The predicted molar refractivity (Wildman–Crippen MR) is 70.2 cm³/mol. The fraction of sp³-hybridized carbons (Fsp3) is 0.929. The average molecular weight is 271 g/mol. The molecule has 0 aromatic carbocycles. The van der Waals surface area contributed by atoms with E-state index in [0.29, 0.717) is 6.61 Å². The molecule has 2 rings (SSSR count). The maximum absolute atomic E-state index is 11.8. The van der Waals surface area contributed by atoms with E-state index in [4.69, 9.17) is 14.3 Å². The maximum atomic E-state index is 11.8.